The third-order valence-electron chi connectivity index (χ3n) is 4.57. The third-order valence-corrected chi connectivity index (χ3v) is 5.52. The molecular weight excluding hydrogens is 382 g/mol. The van der Waals surface area contributed by atoms with E-state index in [1.54, 1.807) is 17.0 Å². The molecule has 4 rings (SSSR count). The Morgan fingerprint density at radius 3 is 2.61 bits per heavy atom. The fraction of sp³-hybridized carbons (Fsp3) is 0.250. The van der Waals surface area contributed by atoms with E-state index in [1.807, 2.05) is 12.1 Å². The Labute approximate surface area is 165 Å². The Balaban J connectivity index is 1.45. The second kappa shape index (κ2) is 8.10. The zero-order chi connectivity index (χ0) is 19.5. The van der Waals surface area contributed by atoms with Crippen LogP contribution in [0.25, 0.3) is 0 Å². The van der Waals surface area contributed by atoms with Gasteiger partial charge in [0.2, 0.25) is 0 Å². The van der Waals surface area contributed by atoms with E-state index in [2.05, 4.69) is 15.2 Å². The first-order valence-electron chi connectivity index (χ1n) is 8.92. The van der Waals surface area contributed by atoms with E-state index in [4.69, 9.17) is 0 Å². The lowest BCUT2D eigenvalue weighted by Gasteiger charge is -2.23. The van der Waals surface area contributed by atoms with Crippen LogP contribution >= 0.6 is 11.8 Å². The largest absolute Gasteiger partial charge is 0.331 e. The van der Waals surface area contributed by atoms with Crippen LogP contribution in [0.3, 0.4) is 0 Å². The number of hydrogen-bond acceptors (Lipinski definition) is 4. The van der Waals surface area contributed by atoms with Crippen LogP contribution in [0.2, 0.25) is 0 Å². The molecule has 0 aliphatic heterocycles. The fourth-order valence-electron chi connectivity index (χ4n) is 2.91. The van der Waals surface area contributed by atoms with Crippen molar-refractivity contribution < 1.29 is 13.6 Å². The Hall–Kier alpha value is -2.74. The van der Waals surface area contributed by atoms with E-state index in [0.717, 1.165) is 29.6 Å². The molecule has 1 saturated carbocycles. The van der Waals surface area contributed by atoms with Crippen molar-refractivity contribution in [3.8, 4) is 0 Å². The minimum absolute atomic E-state index is 0.110. The fourth-order valence-corrected chi connectivity index (χ4v) is 3.65. The summed E-state index contributed by atoms with van der Waals surface area (Å²) in [5.74, 6) is -0.681. The molecule has 3 aromatic rings. The lowest BCUT2D eigenvalue weighted by atomic mass is 10.1. The second-order valence-electron chi connectivity index (χ2n) is 6.68. The van der Waals surface area contributed by atoms with Crippen molar-refractivity contribution in [3.63, 3.8) is 0 Å². The highest BCUT2D eigenvalue weighted by atomic mass is 32.2. The van der Waals surface area contributed by atoms with Crippen LogP contribution in [-0.2, 0) is 12.3 Å². The summed E-state index contributed by atoms with van der Waals surface area (Å²) in [7, 11) is 0. The molecule has 1 aliphatic carbocycles. The molecule has 2 aromatic carbocycles. The Kier molecular flexibility index (Phi) is 5.38. The van der Waals surface area contributed by atoms with Gasteiger partial charge in [0.15, 0.2) is 5.16 Å². The highest BCUT2D eigenvalue weighted by Crippen LogP contribution is 2.30. The second-order valence-corrected chi connectivity index (χ2v) is 7.64. The molecule has 144 valence electrons. The first-order chi connectivity index (χ1) is 13.6. The zero-order valence-electron chi connectivity index (χ0n) is 14.9. The van der Waals surface area contributed by atoms with E-state index >= 15 is 0 Å². The van der Waals surface area contributed by atoms with Crippen molar-refractivity contribution in [2.45, 2.75) is 36.3 Å². The molecule has 1 heterocycles. The van der Waals surface area contributed by atoms with Crippen molar-refractivity contribution in [2.75, 3.05) is 0 Å². The zero-order valence-corrected chi connectivity index (χ0v) is 15.8. The molecule has 0 bridgehead atoms. The van der Waals surface area contributed by atoms with Gasteiger partial charge in [0.05, 0.1) is 0 Å². The van der Waals surface area contributed by atoms with Crippen molar-refractivity contribution in [2.24, 2.45) is 0 Å². The molecule has 1 aromatic heterocycles. The minimum atomic E-state index is -0.627. The van der Waals surface area contributed by atoms with Crippen molar-refractivity contribution >= 4 is 17.7 Å². The molecule has 1 N–H and O–H groups in total. The predicted octanol–water partition coefficient (Wildman–Crippen LogP) is 4.18. The first kappa shape index (κ1) is 18.6. The molecule has 1 fully saturated rings. The van der Waals surface area contributed by atoms with Crippen molar-refractivity contribution in [3.05, 3.63) is 77.1 Å². The van der Waals surface area contributed by atoms with Gasteiger partial charge in [0.25, 0.3) is 5.91 Å². The lowest BCUT2D eigenvalue weighted by molar-refractivity contribution is 0.0728. The van der Waals surface area contributed by atoms with Crippen LogP contribution in [-0.4, -0.2) is 32.0 Å². The Morgan fingerprint density at radius 2 is 1.96 bits per heavy atom. The van der Waals surface area contributed by atoms with Crippen LogP contribution < -0.4 is 0 Å². The van der Waals surface area contributed by atoms with Gasteiger partial charge in [-0.05, 0) is 36.6 Å². The maximum Gasteiger partial charge on any atom is 0.254 e. The number of benzene rings is 2. The van der Waals surface area contributed by atoms with E-state index in [9.17, 15) is 13.6 Å². The van der Waals surface area contributed by atoms with Crippen LogP contribution in [0.1, 0.15) is 34.3 Å². The molecule has 0 atom stereocenters. The number of aromatic nitrogens is 3. The highest BCUT2D eigenvalue weighted by Gasteiger charge is 2.33. The monoisotopic (exact) mass is 400 g/mol. The summed E-state index contributed by atoms with van der Waals surface area (Å²) in [4.78, 5) is 18.7. The Bertz CT molecular complexity index is 959. The van der Waals surface area contributed by atoms with Crippen LogP contribution in [0.5, 0.6) is 0 Å². The normalized spacial score (nSPS) is 13.5. The van der Waals surface area contributed by atoms with Crippen LogP contribution in [0, 0.1) is 11.6 Å². The molecule has 0 radical (unpaired) electrons. The quantitative estimate of drug-likeness (QED) is 0.605. The van der Waals surface area contributed by atoms with Crippen molar-refractivity contribution in [1.82, 2.24) is 20.1 Å². The number of rotatable bonds is 7. The minimum Gasteiger partial charge on any atom is -0.331 e. The predicted molar refractivity (Wildman–Crippen MR) is 102 cm³/mol. The number of nitrogens with one attached hydrogen (secondary N) is 1. The number of carbonyl (C=O) groups excluding carboxylic acids is 1. The van der Waals surface area contributed by atoms with E-state index < -0.39 is 11.6 Å². The highest BCUT2D eigenvalue weighted by molar-refractivity contribution is 7.98. The molecular formula is C20H18F2N4OS. The van der Waals surface area contributed by atoms with Gasteiger partial charge in [-0.1, -0.05) is 30.0 Å². The van der Waals surface area contributed by atoms with Crippen molar-refractivity contribution in [1.29, 1.82) is 0 Å². The van der Waals surface area contributed by atoms with Crippen LogP contribution in [0.4, 0.5) is 8.78 Å². The number of hydrogen-bond donors (Lipinski definition) is 1. The Morgan fingerprint density at radius 1 is 1.18 bits per heavy atom. The lowest BCUT2D eigenvalue weighted by Crippen LogP contribution is -2.33. The van der Waals surface area contributed by atoms with Gasteiger partial charge in [0, 0.05) is 35.5 Å². The summed E-state index contributed by atoms with van der Waals surface area (Å²) in [6, 6.07) is 11.0. The molecule has 0 spiro atoms. The van der Waals surface area contributed by atoms with Gasteiger partial charge >= 0.3 is 0 Å². The average Bonchev–Trinajstić information content (AvgIpc) is 3.40. The van der Waals surface area contributed by atoms with E-state index in [1.165, 1.54) is 30.2 Å². The first-order valence-corrected chi connectivity index (χ1v) is 9.91. The smallest absolute Gasteiger partial charge is 0.254 e. The topological polar surface area (TPSA) is 61.9 Å². The summed E-state index contributed by atoms with van der Waals surface area (Å²) in [5.41, 5.74) is 1.94. The molecule has 1 aliphatic rings. The van der Waals surface area contributed by atoms with E-state index in [-0.39, 0.29) is 18.5 Å². The number of amides is 1. The summed E-state index contributed by atoms with van der Waals surface area (Å²) in [6.45, 7) is 0.138. The number of aromatic amines is 1. The molecule has 5 nitrogen and oxygen atoms in total. The third kappa shape index (κ3) is 4.39. The number of thioether (sulfide) groups is 1. The molecule has 0 saturated heterocycles. The van der Waals surface area contributed by atoms with Gasteiger partial charge in [0.1, 0.15) is 18.0 Å². The van der Waals surface area contributed by atoms with Gasteiger partial charge < -0.3 is 4.90 Å². The number of H-pyrrole nitrogens is 1. The maximum absolute atomic E-state index is 14.0. The summed E-state index contributed by atoms with van der Waals surface area (Å²) < 4.78 is 27.2. The van der Waals surface area contributed by atoms with Crippen LogP contribution in [0.15, 0.2) is 53.9 Å². The molecule has 0 unspecified atom stereocenters. The van der Waals surface area contributed by atoms with Gasteiger partial charge in [-0.2, -0.15) is 5.10 Å². The maximum atomic E-state index is 14.0. The van der Waals surface area contributed by atoms with Gasteiger partial charge in [-0.15, -0.1) is 0 Å². The summed E-state index contributed by atoms with van der Waals surface area (Å²) >= 11 is 1.52. The number of nitrogens with zero attached hydrogens (tertiary/aromatic N) is 3. The molecule has 8 heteroatoms. The standard InChI is InChI=1S/C20H18F2N4OS/c21-16-6-5-15(18(22)9-16)10-26(17-7-8-17)19(27)14-3-1-13(2-4-14)11-28-20-23-12-24-25-20/h1-6,9,12,17H,7-8,10-11H2,(H,23,24,25). The number of carbonyl (C=O) groups is 1. The summed E-state index contributed by atoms with van der Waals surface area (Å²) in [5, 5.41) is 7.33. The molecule has 28 heavy (non-hydrogen) atoms. The number of halogens is 2. The van der Waals surface area contributed by atoms with Gasteiger partial charge in [-0.25, -0.2) is 13.8 Å². The molecule has 1 amide bonds. The average molecular weight is 400 g/mol. The summed E-state index contributed by atoms with van der Waals surface area (Å²) in [6.07, 6.45) is 3.27. The SMILES string of the molecule is O=C(c1ccc(CSc2ncn[nH]2)cc1)N(Cc1ccc(F)cc1F)C1CC1. The van der Waals surface area contributed by atoms with Gasteiger partial charge in [-0.3, -0.25) is 9.89 Å². The van der Waals surface area contributed by atoms with E-state index in [0.29, 0.717) is 16.9 Å².